The summed E-state index contributed by atoms with van der Waals surface area (Å²) in [6.45, 7) is 29.2. The number of unbranched alkanes of at least 4 members (excludes halogenated alkanes) is 3. The highest BCUT2D eigenvalue weighted by Gasteiger charge is 2.29. The minimum absolute atomic E-state index is 0.00106. The maximum Gasteiger partial charge on any atom is 0.0570 e. The molecule has 14 atom stereocenters. The lowest BCUT2D eigenvalue weighted by molar-refractivity contribution is 0.0402. The summed E-state index contributed by atoms with van der Waals surface area (Å²) in [5.41, 5.74) is 0. The topological polar surface area (TPSA) is 162 Å². The van der Waals surface area contributed by atoms with E-state index >= 15 is 0 Å². The van der Waals surface area contributed by atoms with Gasteiger partial charge in [0.2, 0.25) is 0 Å². The number of rotatable bonds is 16. The monoisotopic (exact) mass is 1210 g/mol. The lowest BCUT2D eigenvalue weighted by Crippen LogP contribution is -2.29. The van der Waals surface area contributed by atoms with Crippen molar-refractivity contribution >= 4 is 0 Å². The van der Waals surface area contributed by atoms with Crippen LogP contribution < -0.4 is 0 Å². The lowest BCUT2D eigenvalue weighted by atomic mass is 9.78. The Balaban J connectivity index is 0.000000486. The lowest BCUT2D eigenvalue weighted by Gasteiger charge is -2.31. The first-order valence-electron chi connectivity index (χ1n) is 38.0. The molecule has 8 heteroatoms. The van der Waals surface area contributed by atoms with Crippen LogP contribution in [0.3, 0.4) is 0 Å². The van der Waals surface area contributed by atoms with Gasteiger partial charge in [0.1, 0.15) is 0 Å². The predicted molar refractivity (Wildman–Crippen MR) is 366 cm³/mol. The largest absolute Gasteiger partial charge is 0.393 e. The highest BCUT2D eigenvalue weighted by molar-refractivity contribution is 4.80. The molecule has 8 saturated carbocycles. The molecule has 8 aliphatic carbocycles. The molecule has 510 valence electrons. The molecule has 8 nitrogen and oxygen atoms in total. The van der Waals surface area contributed by atoms with E-state index in [1.165, 1.54) is 193 Å². The molecule has 0 saturated heterocycles. The highest BCUT2D eigenvalue weighted by atomic mass is 16.3. The van der Waals surface area contributed by atoms with Crippen LogP contribution in [0.4, 0.5) is 0 Å². The Bertz CT molecular complexity index is 1440. The van der Waals surface area contributed by atoms with Gasteiger partial charge in [-0.25, -0.2) is 0 Å². The molecule has 85 heavy (non-hydrogen) atoms. The van der Waals surface area contributed by atoms with Crippen molar-refractivity contribution in [3.8, 4) is 0 Å². The standard InChI is InChI=1S/5C10H20O.3C9H18O/c1-3-8(2)9-5-4-6-10(11)7-9;1-3-8(2)9-6-4-5-7-10(9)11;1-2-3-6-9-7-4-5-8-10(9)11;1-2-3-5-9-6-4-7-10(11)8-9;1-2-3-4-9-5-7-10(11)8-6-9;1-7(2)8-3-5-9(10)6-4-8;1-7(2)8-4-3-5-9(10)6-8;1-7(2)8-5-3-4-6-9(8)10/h2*8-11H,3-7H2,1-2H3;3*9-11H,2-8H2,1H3;3*7-10H,3-6H2,1-2H3. The molecule has 8 N–H and O–H groups in total. The zero-order valence-corrected chi connectivity index (χ0v) is 59.1. The van der Waals surface area contributed by atoms with Gasteiger partial charge in [0, 0.05) is 0 Å². The Kier molecular flexibility index (Phi) is 49.8. The smallest absolute Gasteiger partial charge is 0.0570 e. The van der Waals surface area contributed by atoms with E-state index in [-0.39, 0.29) is 48.8 Å². The molecule has 0 amide bonds. The van der Waals surface area contributed by atoms with Crippen LogP contribution in [-0.2, 0) is 0 Å². The zero-order valence-electron chi connectivity index (χ0n) is 59.1. The van der Waals surface area contributed by atoms with E-state index < -0.39 is 0 Å². The van der Waals surface area contributed by atoms with Gasteiger partial charge in [0.05, 0.1) is 48.8 Å². The summed E-state index contributed by atoms with van der Waals surface area (Å²) >= 11 is 0. The van der Waals surface area contributed by atoms with Crippen molar-refractivity contribution in [3.63, 3.8) is 0 Å². The zero-order chi connectivity index (χ0) is 63.5. The first-order chi connectivity index (χ1) is 40.6. The third-order valence-electron chi connectivity index (χ3n) is 22.5. The third-order valence-corrected chi connectivity index (χ3v) is 22.5. The van der Waals surface area contributed by atoms with Crippen LogP contribution in [0, 0.1) is 76.9 Å². The van der Waals surface area contributed by atoms with E-state index in [1.807, 2.05) is 0 Å². The molecule has 0 spiro atoms. The SMILES string of the molecule is CC(C)C1CCC(O)CC1.CC(C)C1CCCC(O)C1.CC(C)C1CCCCC1O.CCC(C)C1CCCC(O)C1.CCC(C)C1CCCCC1O.CCCCC1CCC(O)CC1.CCCCC1CCCC(O)C1.CCCCC1CCCCC1O. The summed E-state index contributed by atoms with van der Waals surface area (Å²) in [6, 6.07) is 0. The van der Waals surface area contributed by atoms with Gasteiger partial charge < -0.3 is 40.9 Å². The summed E-state index contributed by atoms with van der Waals surface area (Å²) < 4.78 is 0. The maximum absolute atomic E-state index is 9.67. The summed E-state index contributed by atoms with van der Waals surface area (Å²) in [7, 11) is 0. The van der Waals surface area contributed by atoms with Gasteiger partial charge in [-0.2, -0.15) is 0 Å². The van der Waals surface area contributed by atoms with Crippen molar-refractivity contribution in [2.75, 3.05) is 0 Å². The second-order valence-corrected chi connectivity index (χ2v) is 30.7. The normalized spacial score (nSPS) is 33.9. The van der Waals surface area contributed by atoms with Crippen molar-refractivity contribution in [3.05, 3.63) is 0 Å². The van der Waals surface area contributed by atoms with E-state index in [2.05, 4.69) is 90.0 Å². The number of aliphatic hydroxyl groups excluding tert-OH is 8. The van der Waals surface area contributed by atoms with Gasteiger partial charge >= 0.3 is 0 Å². The highest BCUT2D eigenvalue weighted by Crippen LogP contribution is 2.36. The second kappa shape index (κ2) is 51.2. The number of aliphatic hydroxyl groups is 8. The fourth-order valence-corrected chi connectivity index (χ4v) is 15.6. The summed E-state index contributed by atoms with van der Waals surface area (Å²) in [4.78, 5) is 0. The van der Waals surface area contributed by atoms with E-state index in [1.54, 1.807) is 0 Å². The molecule has 0 bridgehead atoms. The second-order valence-electron chi connectivity index (χ2n) is 30.7. The molecule has 0 aromatic carbocycles. The summed E-state index contributed by atoms with van der Waals surface area (Å²) in [5.74, 6) is 9.77. The molecule has 0 aliphatic heterocycles. The number of hydrogen-bond acceptors (Lipinski definition) is 8. The van der Waals surface area contributed by atoms with E-state index in [0.29, 0.717) is 29.6 Å². The maximum atomic E-state index is 9.67. The molecule has 0 aromatic rings. The molecule has 14 unspecified atom stereocenters. The van der Waals surface area contributed by atoms with Gasteiger partial charge in [-0.05, 0) is 212 Å². The van der Waals surface area contributed by atoms with Crippen molar-refractivity contribution in [1.82, 2.24) is 0 Å². The molecule has 8 fully saturated rings. The van der Waals surface area contributed by atoms with Crippen molar-refractivity contribution < 1.29 is 40.9 Å². The van der Waals surface area contributed by atoms with Gasteiger partial charge in [-0.1, -0.05) is 231 Å². The Hall–Kier alpha value is -0.320. The molecule has 0 aromatic heterocycles. The molecule has 8 rings (SSSR count). The van der Waals surface area contributed by atoms with Crippen molar-refractivity contribution in [1.29, 1.82) is 0 Å². The molecule has 0 heterocycles. The summed E-state index contributed by atoms with van der Waals surface area (Å²) in [5, 5.41) is 75.4. The third kappa shape index (κ3) is 39.6. The van der Waals surface area contributed by atoms with E-state index in [4.69, 9.17) is 0 Å². The molecule has 0 radical (unpaired) electrons. The first kappa shape index (κ1) is 82.7. The Morgan fingerprint density at radius 3 is 1.09 bits per heavy atom. The van der Waals surface area contributed by atoms with E-state index in [0.717, 1.165) is 131 Å². The van der Waals surface area contributed by atoms with Crippen LogP contribution in [0.15, 0.2) is 0 Å². The first-order valence-corrected chi connectivity index (χ1v) is 38.0. The fourth-order valence-electron chi connectivity index (χ4n) is 15.6. The van der Waals surface area contributed by atoms with Crippen molar-refractivity contribution in [2.24, 2.45) is 76.9 Å². The quantitative estimate of drug-likeness (QED) is 0.0758. The number of hydrogen-bond donors (Lipinski definition) is 8. The predicted octanol–water partition coefficient (Wildman–Crippen LogP) is 19.9. The van der Waals surface area contributed by atoms with Crippen LogP contribution in [-0.4, -0.2) is 89.7 Å². The molecule has 8 aliphatic rings. The van der Waals surface area contributed by atoms with Crippen molar-refractivity contribution in [2.45, 2.75) is 415 Å². The minimum Gasteiger partial charge on any atom is -0.393 e. The fraction of sp³-hybridized carbons (Fsp3) is 1.00. The van der Waals surface area contributed by atoms with Crippen LogP contribution in [0.1, 0.15) is 366 Å². The van der Waals surface area contributed by atoms with Crippen LogP contribution in [0.25, 0.3) is 0 Å². The average Bonchev–Trinajstić information content (AvgIpc) is 3.56. The van der Waals surface area contributed by atoms with E-state index in [9.17, 15) is 40.9 Å². The van der Waals surface area contributed by atoms with Gasteiger partial charge in [0.15, 0.2) is 0 Å². The average molecular weight is 1210 g/mol. The van der Waals surface area contributed by atoms with Crippen LogP contribution >= 0.6 is 0 Å². The summed E-state index contributed by atoms with van der Waals surface area (Å²) in [6.07, 6.45) is 52.1. The van der Waals surface area contributed by atoms with Crippen LogP contribution in [0.2, 0.25) is 0 Å². The van der Waals surface area contributed by atoms with Gasteiger partial charge in [-0.3, -0.25) is 0 Å². The van der Waals surface area contributed by atoms with Gasteiger partial charge in [0.25, 0.3) is 0 Å². The Morgan fingerprint density at radius 1 is 0.282 bits per heavy atom. The Morgan fingerprint density at radius 2 is 0.682 bits per heavy atom. The van der Waals surface area contributed by atoms with Crippen LogP contribution in [0.5, 0.6) is 0 Å². The Labute approximate surface area is 530 Å². The minimum atomic E-state index is -0.00579. The molecular formula is C77H154O8. The van der Waals surface area contributed by atoms with Gasteiger partial charge in [-0.15, -0.1) is 0 Å². The molecular weight excluding hydrogens is 1050 g/mol.